The molecular formula is C15H10N6O5. The van der Waals surface area contributed by atoms with E-state index in [1.54, 1.807) is 12.1 Å². The van der Waals surface area contributed by atoms with Gasteiger partial charge < -0.3 is 9.15 Å². The van der Waals surface area contributed by atoms with Crippen molar-refractivity contribution in [3.8, 4) is 5.75 Å². The van der Waals surface area contributed by atoms with E-state index >= 15 is 0 Å². The largest absolute Gasteiger partial charge is 0.497 e. The number of amides is 1. The Morgan fingerprint density at radius 1 is 1.35 bits per heavy atom. The number of hydrogen-bond donors (Lipinski definition) is 2. The molecule has 2 N–H and O–H groups in total. The molecule has 1 aliphatic heterocycles. The lowest BCUT2D eigenvalue weighted by Gasteiger charge is -2.17. The Labute approximate surface area is 144 Å². The summed E-state index contributed by atoms with van der Waals surface area (Å²) in [5.41, 5.74) is -0.726. The SMILES string of the molecule is COc1ccc2c3c(c(=O)oc2c1)N=CC(C(=O)Nc1nnn[nH]1)C3=O. The summed E-state index contributed by atoms with van der Waals surface area (Å²) < 4.78 is 10.3. The highest BCUT2D eigenvalue weighted by molar-refractivity contribution is 6.28. The average Bonchev–Trinajstić information content (AvgIpc) is 3.14. The molecule has 11 heteroatoms. The Hall–Kier alpha value is -3.89. The molecule has 1 atom stereocenters. The summed E-state index contributed by atoms with van der Waals surface area (Å²) in [6, 6.07) is 4.67. The molecule has 130 valence electrons. The zero-order chi connectivity index (χ0) is 18.3. The number of ketones is 1. The number of benzene rings is 1. The first-order chi connectivity index (χ1) is 12.6. The summed E-state index contributed by atoms with van der Waals surface area (Å²) >= 11 is 0. The monoisotopic (exact) mass is 354 g/mol. The fraction of sp³-hybridized carbons (Fsp3) is 0.133. The molecule has 1 aromatic carbocycles. The second kappa shape index (κ2) is 5.88. The van der Waals surface area contributed by atoms with Crippen molar-refractivity contribution in [3.63, 3.8) is 0 Å². The van der Waals surface area contributed by atoms with Crippen molar-refractivity contribution in [2.45, 2.75) is 0 Å². The highest BCUT2D eigenvalue weighted by Crippen LogP contribution is 2.32. The van der Waals surface area contributed by atoms with Crippen LogP contribution in [-0.2, 0) is 4.79 Å². The van der Waals surface area contributed by atoms with Crippen molar-refractivity contribution in [2.24, 2.45) is 10.9 Å². The molecule has 0 bridgehead atoms. The number of H-pyrrole nitrogens is 1. The van der Waals surface area contributed by atoms with E-state index in [1.807, 2.05) is 0 Å². The van der Waals surface area contributed by atoms with Crippen molar-refractivity contribution in [2.75, 3.05) is 12.4 Å². The first-order valence-corrected chi connectivity index (χ1v) is 7.36. The fourth-order valence-electron chi connectivity index (χ4n) is 2.63. The highest BCUT2D eigenvalue weighted by atomic mass is 16.5. The molecule has 0 saturated carbocycles. The fourth-order valence-corrected chi connectivity index (χ4v) is 2.63. The molecule has 3 aromatic rings. The van der Waals surface area contributed by atoms with Crippen molar-refractivity contribution < 1.29 is 18.7 Å². The van der Waals surface area contributed by atoms with Gasteiger partial charge in [-0.15, -0.1) is 0 Å². The van der Waals surface area contributed by atoms with Gasteiger partial charge in [-0.25, -0.2) is 9.89 Å². The lowest BCUT2D eigenvalue weighted by atomic mass is 9.92. The predicted octanol–water partition coefficient (Wildman–Crippen LogP) is 0.468. The van der Waals surface area contributed by atoms with Gasteiger partial charge in [0.1, 0.15) is 17.3 Å². The summed E-state index contributed by atoms with van der Waals surface area (Å²) in [7, 11) is 1.46. The predicted molar refractivity (Wildman–Crippen MR) is 87.8 cm³/mol. The number of aromatic amines is 1. The van der Waals surface area contributed by atoms with E-state index in [2.05, 4.69) is 30.9 Å². The van der Waals surface area contributed by atoms with Gasteiger partial charge in [0, 0.05) is 17.7 Å². The second-order valence-electron chi connectivity index (χ2n) is 5.33. The van der Waals surface area contributed by atoms with Crippen LogP contribution in [0.2, 0.25) is 0 Å². The number of nitrogens with zero attached hydrogens (tertiary/aromatic N) is 4. The van der Waals surface area contributed by atoms with E-state index in [4.69, 9.17) is 9.15 Å². The van der Waals surface area contributed by atoms with Crippen LogP contribution in [0.4, 0.5) is 11.6 Å². The van der Waals surface area contributed by atoms with Crippen molar-refractivity contribution in [3.05, 3.63) is 34.2 Å². The van der Waals surface area contributed by atoms with Crippen LogP contribution in [0.3, 0.4) is 0 Å². The third-order valence-corrected chi connectivity index (χ3v) is 3.84. The van der Waals surface area contributed by atoms with Gasteiger partial charge in [0.05, 0.1) is 12.7 Å². The number of rotatable bonds is 3. The van der Waals surface area contributed by atoms with Crippen LogP contribution >= 0.6 is 0 Å². The quantitative estimate of drug-likeness (QED) is 0.508. The van der Waals surface area contributed by atoms with Gasteiger partial charge in [-0.1, -0.05) is 5.10 Å². The molecule has 1 unspecified atom stereocenters. The highest BCUT2D eigenvalue weighted by Gasteiger charge is 2.34. The Morgan fingerprint density at radius 2 is 2.19 bits per heavy atom. The van der Waals surface area contributed by atoms with E-state index in [0.29, 0.717) is 11.1 Å². The number of ether oxygens (including phenoxy) is 1. The maximum Gasteiger partial charge on any atom is 0.363 e. The number of fused-ring (bicyclic) bond motifs is 3. The molecule has 3 heterocycles. The summed E-state index contributed by atoms with van der Waals surface area (Å²) in [6.07, 6.45) is 1.09. The molecule has 0 radical (unpaired) electrons. The zero-order valence-corrected chi connectivity index (χ0v) is 13.2. The molecule has 26 heavy (non-hydrogen) atoms. The minimum atomic E-state index is -1.24. The van der Waals surface area contributed by atoms with Crippen molar-refractivity contribution in [1.29, 1.82) is 0 Å². The van der Waals surface area contributed by atoms with Crippen LogP contribution in [0, 0.1) is 5.92 Å². The van der Waals surface area contributed by atoms with E-state index in [0.717, 1.165) is 6.21 Å². The van der Waals surface area contributed by atoms with E-state index < -0.39 is 23.2 Å². The molecule has 0 aliphatic carbocycles. The smallest absolute Gasteiger partial charge is 0.363 e. The van der Waals surface area contributed by atoms with Crippen LogP contribution in [0.15, 0.2) is 32.4 Å². The third-order valence-electron chi connectivity index (χ3n) is 3.84. The van der Waals surface area contributed by atoms with Crippen LogP contribution in [0.1, 0.15) is 10.4 Å². The van der Waals surface area contributed by atoms with Crippen molar-refractivity contribution >= 4 is 40.5 Å². The molecule has 11 nitrogen and oxygen atoms in total. The van der Waals surface area contributed by atoms with E-state index in [1.165, 1.54) is 13.2 Å². The number of carbonyl (C=O) groups excluding carboxylic acids is 2. The molecular weight excluding hydrogens is 344 g/mol. The maximum absolute atomic E-state index is 12.9. The van der Waals surface area contributed by atoms with Gasteiger partial charge in [-0.2, -0.15) is 0 Å². The number of aromatic nitrogens is 4. The number of hydrogen-bond acceptors (Lipinski definition) is 9. The van der Waals surface area contributed by atoms with Crippen LogP contribution < -0.4 is 15.7 Å². The molecule has 0 saturated heterocycles. The summed E-state index contributed by atoms with van der Waals surface area (Å²) in [4.78, 5) is 41.3. The summed E-state index contributed by atoms with van der Waals surface area (Å²) in [6.45, 7) is 0. The minimum absolute atomic E-state index is 0.0100. The molecule has 1 amide bonds. The molecule has 1 aliphatic rings. The van der Waals surface area contributed by atoms with E-state index in [-0.39, 0.29) is 22.8 Å². The Kier molecular flexibility index (Phi) is 3.53. The van der Waals surface area contributed by atoms with Gasteiger partial charge in [0.15, 0.2) is 11.5 Å². The van der Waals surface area contributed by atoms with Gasteiger partial charge in [0.25, 0.3) is 0 Å². The van der Waals surface area contributed by atoms with E-state index in [9.17, 15) is 14.4 Å². The summed E-state index contributed by atoms with van der Waals surface area (Å²) in [5, 5.41) is 15.3. The van der Waals surface area contributed by atoms with Gasteiger partial charge in [0.2, 0.25) is 11.9 Å². The van der Waals surface area contributed by atoms with Crippen molar-refractivity contribution in [1.82, 2.24) is 20.6 Å². The Balaban J connectivity index is 1.80. The number of nitrogens with one attached hydrogen (secondary N) is 2. The first-order valence-electron chi connectivity index (χ1n) is 7.36. The van der Waals surface area contributed by atoms with Crippen LogP contribution in [-0.4, -0.2) is 45.6 Å². The first kappa shape index (κ1) is 15.6. The number of anilines is 1. The number of carbonyl (C=O) groups is 2. The number of Topliss-reactive ketones (excluding diaryl/α,β-unsaturated/α-hetero) is 1. The number of tetrazole rings is 1. The molecule has 4 rings (SSSR count). The molecule has 2 aromatic heterocycles. The van der Waals surface area contributed by atoms with Gasteiger partial charge >= 0.3 is 5.63 Å². The normalized spacial score (nSPS) is 15.7. The number of methoxy groups -OCH3 is 1. The van der Waals surface area contributed by atoms with Gasteiger partial charge in [-0.3, -0.25) is 19.9 Å². The average molecular weight is 354 g/mol. The lowest BCUT2D eigenvalue weighted by molar-refractivity contribution is -0.116. The van der Waals surface area contributed by atoms with Crippen LogP contribution in [0.5, 0.6) is 5.75 Å². The Morgan fingerprint density at radius 3 is 2.92 bits per heavy atom. The summed E-state index contributed by atoms with van der Waals surface area (Å²) in [5.74, 6) is -2.05. The zero-order valence-electron chi connectivity index (χ0n) is 13.2. The lowest BCUT2D eigenvalue weighted by Crippen LogP contribution is -2.34. The second-order valence-corrected chi connectivity index (χ2v) is 5.33. The third kappa shape index (κ3) is 2.42. The van der Waals surface area contributed by atoms with Crippen LogP contribution in [0.25, 0.3) is 11.0 Å². The Bertz CT molecular complexity index is 1120. The molecule has 0 spiro atoms. The molecule has 0 fully saturated rings. The standard InChI is InChI=1S/C15H10N6O5/c1-25-6-2-3-7-9(4-6)26-14(24)11-10(7)12(22)8(5-16-11)13(23)17-15-18-20-21-19-15/h2-5,8H,1H3,(H2,17,18,19,20,21,23). The number of aliphatic imine (C=N–C) groups is 1. The topological polar surface area (TPSA) is 152 Å². The maximum atomic E-state index is 12.9. The minimum Gasteiger partial charge on any atom is -0.497 e. The van der Waals surface area contributed by atoms with Gasteiger partial charge in [-0.05, 0) is 22.6 Å².